The molecule has 0 radical (unpaired) electrons. The first-order valence-electron chi connectivity index (χ1n) is 8.11. The zero-order valence-corrected chi connectivity index (χ0v) is 14.9. The molecule has 23 heavy (non-hydrogen) atoms. The van der Waals surface area contributed by atoms with Gasteiger partial charge in [0.15, 0.2) is 0 Å². The van der Waals surface area contributed by atoms with E-state index in [9.17, 15) is 4.79 Å². The molecule has 1 unspecified atom stereocenters. The van der Waals surface area contributed by atoms with Gasteiger partial charge in [-0.25, -0.2) is 0 Å². The van der Waals surface area contributed by atoms with Gasteiger partial charge in [0, 0.05) is 5.56 Å². The maximum Gasteiger partial charge on any atom is 0.150 e. The van der Waals surface area contributed by atoms with Crippen LogP contribution in [-0.4, -0.2) is 12.4 Å². The number of carbonyl (C=O) groups excluding carboxylic acids is 1. The van der Waals surface area contributed by atoms with Gasteiger partial charge in [-0.05, 0) is 77.3 Å². The fourth-order valence-electron chi connectivity index (χ4n) is 2.00. The highest BCUT2D eigenvalue weighted by Gasteiger charge is 2.05. The smallest absolute Gasteiger partial charge is 0.150 e. The summed E-state index contributed by atoms with van der Waals surface area (Å²) in [5.41, 5.74) is 4.56. The van der Waals surface area contributed by atoms with Crippen LogP contribution in [0.15, 0.2) is 59.2 Å². The van der Waals surface area contributed by atoms with E-state index in [4.69, 9.17) is 4.74 Å². The van der Waals surface area contributed by atoms with E-state index in [2.05, 4.69) is 45.9 Å². The van der Waals surface area contributed by atoms with Gasteiger partial charge in [0.1, 0.15) is 18.1 Å². The lowest BCUT2D eigenvalue weighted by molar-refractivity contribution is 0.112. The Morgan fingerprint density at radius 3 is 2.30 bits per heavy atom. The fraction of sp³-hybridized carbons (Fsp3) is 0.381. The molecule has 0 heterocycles. The van der Waals surface area contributed by atoms with E-state index in [1.165, 1.54) is 16.7 Å². The molecule has 0 saturated heterocycles. The van der Waals surface area contributed by atoms with Gasteiger partial charge in [-0.15, -0.1) is 0 Å². The summed E-state index contributed by atoms with van der Waals surface area (Å²) in [6, 6.07) is 7.19. The lowest BCUT2D eigenvalue weighted by atomic mass is 10.1. The van der Waals surface area contributed by atoms with Crippen molar-refractivity contribution < 1.29 is 9.53 Å². The van der Waals surface area contributed by atoms with Crippen molar-refractivity contribution in [3.8, 4) is 5.75 Å². The van der Waals surface area contributed by atoms with Crippen LogP contribution in [0.3, 0.4) is 0 Å². The zero-order chi connectivity index (χ0) is 17.2. The predicted octanol–water partition coefficient (Wildman–Crippen LogP) is 5.91. The Morgan fingerprint density at radius 1 is 1.09 bits per heavy atom. The summed E-state index contributed by atoms with van der Waals surface area (Å²) in [5, 5.41) is 0. The van der Waals surface area contributed by atoms with Crippen molar-refractivity contribution in [3.63, 3.8) is 0 Å². The molecule has 0 fully saturated rings. The molecule has 1 aromatic rings. The summed E-state index contributed by atoms with van der Waals surface area (Å²) < 4.78 is 5.90. The molecule has 0 aliphatic carbocycles. The molecule has 0 N–H and O–H groups in total. The van der Waals surface area contributed by atoms with Crippen LogP contribution in [0, 0.1) is 0 Å². The summed E-state index contributed by atoms with van der Waals surface area (Å²) in [6.07, 6.45) is 9.57. The number of allylic oxidation sites excluding steroid dienone is 5. The van der Waals surface area contributed by atoms with Crippen molar-refractivity contribution in [2.45, 2.75) is 53.6 Å². The molecule has 1 rings (SSSR count). The summed E-state index contributed by atoms with van der Waals surface area (Å²) >= 11 is 0. The van der Waals surface area contributed by atoms with Crippen molar-refractivity contribution in [2.24, 2.45) is 0 Å². The average Bonchev–Trinajstić information content (AvgIpc) is 2.52. The second kappa shape index (κ2) is 9.83. The molecule has 124 valence electrons. The first-order chi connectivity index (χ1) is 10.9. The minimum absolute atomic E-state index is 0.00101. The molecule has 2 nitrogen and oxygen atoms in total. The Morgan fingerprint density at radius 2 is 1.74 bits per heavy atom. The third-order valence-electron chi connectivity index (χ3n) is 3.69. The molecule has 1 aromatic carbocycles. The van der Waals surface area contributed by atoms with Crippen LogP contribution >= 0.6 is 0 Å². The van der Waals surface area contributed by atoms with Gasteiger partial charge in [-0.3, -0.25) is 4.79 Å². The van der Waals surface area contributed by atoms with E-state index < -0.39 is 0 Å². The van der Waals surface area contributed by atoms with Crippen LogP contribution in [0.4, 0.5) is 0 Å². The van der Waals surface area contributed by atoms with E-state index >= 15 is 0 Å². The third kappa shape index (κ3) is 7.64. The van der Waals surface area contributed by atoms with E-state index in [0.29, 0.717) is 5.56 Å². The SMILES string of the molecule is CC(C)=CCCC(C)=CC=C(C)C(C)Oc1ccc(C=O)cc1. The standard InChI is InChI=1S/C21H28O2/c1-16(2)7-6-8-17(3)9-10-18(4)19(5)23-21-13-11-20(15-22)12-14-21/h7,9-15,19H,6,8H2,1-5H3. The first-order valence-corrected chi connectivity index (χ1v) is 8.11. The molecular formula is C21H28O2. The van der Waals surface area contributed by atoms with Crippen LogP contribution in [0.1, 0.15) is 57.8 Å². The second-order valence-electron chi connectivity index (χ2n) is 6.19. The Labute approximate surface area is 140 Å². The lowest BCUT2D eigenvalue weighted by Crippen LogP contribution is -2.13. The summed E-state index contributed by atoms with van der Waals surface area (Å²) in [4.78, 5) is 10.6. The number of benzene rings is 1. The Hall–Kier alpha value is -2.09. The second-order valence-corrected chi connectivity index (χ2v) is 6.19. The quantitative estimate of drug-likeness (QED) is 0.339. The van der Waals surface area contributed by atoms with Crippen LogP contribution in [0.2, 0.25) is 0 Å². The van der Waals surface area contributed by atoms with Gasteiger partial charge >= 0.3 is 0 Å². The molecule has 0 spiro atoms. The molecule has 0 aromatic heterocycles. The molecule has 0 bridgehead atoms. The number of ether oxygens (including phenoxy) is 1. The number of carbonyl (C=O) groups is 1. The molecule has 2 heteroatoms. The number of hydrogen-bond donors (Lipinski definition) is 0. The highest BCUT2D eigenvalue weighted by atomic mass is 16.5. The molecule has 0 amide bonds. The maximum absolute atomic E-state index is 10.6. The van der Waals surface area contributed by atoms with Crippen molar-refractivity contribution in [2.75, 3.05) is 0 Å². The summed E-state index contributed by atoms with van der Waals surface area (Å²) in [7, 11) is 0. The van der Waals surface area contributed by atoms with Crippen molar-refractivity contribution >= 4 is 6.29 Å². The number of aldehydes is 1. The fourth-order valence-corrected chi connectivity index (χ4v) is 2.00. The van der Waals surface area contributed by atoms with Gasteiger partial charge in [0.05, 0.1) is 0 Å². The van der Waals surface area contributed by atoms with Crippen LogP contribution in [0.25, 0.3) is 0 Å². The predicted molar refractivity (Wildman–Crippen MR) is 98.1 cm³/mol. The van der Waals surface area contributed by atoms with Gasteiger partial charge in [0.25, 0.3) is 0 Å². The minimum Gasteiger partial charge on any atom is -0.486 e. The van der Waals surface area contributed by atoms with E-state index in [0.717, 1.165) is 24.9 Å². The molecular weight excluding hydrogens is 284 g/mol. The highest BCUT2D eigenvalue weighted by molar-refractivity contribution is 5.74. The van der Waals surface area contributed by atoms with Crippen molar-refractivity contribution in [1.29, 1.82) is 0 Å². The topological polar surface area (TPSA) is 26.3 Å². The Bertz CT molecular complexity index is 585. The van der Waals surface area contributed by atoms with Crippen molar-refractivity contribution in [3.05, 3.63) is 64.8 Å². The monoisotopic (exact) mass is 312 g/mol. The molecule has 0 aliphatic heterocycles. The average molecular weight is 312 g/mol. The number of hydrogen-bond acceptors (Lipinski definition) is 2. The zero-order valence-electron chi connectivity index (χ0n) is 14.9. The normalized spacial score (nSPS) is 13.4. The Balaban J connectivity index is 2.58. The molecule has 0 saturated carbocycles. The van der Waals surface area contributed by atoms with Gasteiger partial charge < -0.3 is 4.74 Å². The van der Waals surface area contributed by atoms with Crippen molar-refractivity contribution in [1.82, 2.24) is 0 Å². The minimum atomic E-state index is -0.00101. The van der Waals surface area contributed by atoms with Gasteiger partial charge in [0.2, 0.25) is 0 Å². The van der Waals surface area contributed by atoms with Gasteiger partial charge in [-0.2, -0.15) is 0 Å². The van der Waals surface area contributed by atoms with Crippen LogP contribution < -0.4 is 4.74 Å². The summed E-state index contributed by atoms with van der Waals surface area (Å²) in [6.45, 7) is 10.5. The Kier molecular flexibility index (Phi) is 8.10. The van der Waals surface area contributed by atoms with E-state index in [1.54, 1.807) is 12.1 Å². The number of rotatable bonds is 8. The third-order valence-corrected chi connectivity index (χ3v) is 3.69. The molecule has 1 atom stereocenters. The first kappa shape index (κ1) is 19.0. The van der Waals surface area contributed by atoms with E-state index in [1.807, 2.05) is 19.1 Å². The lowest BCUT2D eigenvalue weighted by Gasteiger charge is -2.15. The van der Waals surface area contributed by atoms with Crippen LogP contribution in [0.5, 0.6) is 5.75 Å². The maximum atomic E-state index is 10.6. The highest BCUT2D eigenvalue weighted by Crippen LogP contribution is 2.17. The van der Waals surface area contributed by atoms with Gasteiger partial charge in [-0.1, -0.05) is 29.4 Å². The van der Waals surface area contributed by atoms with E-state index in [-0.39, 0.29) is 6.10 Å². The largest absolute Gasteiger partial charge is 0.486 e. The van der Waals surface area contributed by atoms with Crippen LogP contribution in [-0.2, 0) is 0 Å². The molecule has 0 aliphatic rings. The summed E-state index contributed by atoms with van der Waals surface area (Å²) in [5.74, 6) is 0.778.